The molecule has 0 amide bonds. The van der Waals surface area contributed by atoms with E-state index < -0.39 is 0 Å². The van der Waals surface area contributed by atoms with Crippen LogP contribution in [-0.4, -0.2) is 24.8 Å². The summed E-state index contributed by atoms with van der Waals surface area (Å²) in [5, 5.41) is 3.58. The molecule has 3 aliphatic carbocycles. The molecule has 110 valence electrons. The van der Waals surface area contributed by atoms with E-state index in [1.807, 2.05) is 0 Å². The molecular formula is C17H31NO. The molecule has 0 aromatic rings. The second-order valence-electron chi connectivity index (χ2n) is 7.92. The predicted molar refractivity (Wildman–Crippen MR) is 79.2 cm³/mol. The first kappa shape index (κ1) is 13.9. The number of nitrogens with one attached hydrogen (secondary N) is 1. The molecule has 19 heavy (non-hydrogen) atoms. The van der Waals surface area contributed by atoms with E-state index in [1.54, 1.807) is 0 Å². The SMILES string of the molecule is CCNC1CCC(OC2CC3CCC2(C)C3(C)C)C1. The van der Waals surface area contributed by atoms with E-state index in [9.17, 15) is 0 Å². The summed E-state index contributed by atoms with van der Waals surface area (Å²) in [6, 6.07) is 0.703. The van der Waals surface area contributed by atoms with Crippen molar-refractivity contribution in [3.63, 3.8) is 0 Å². The van der Waals surface area contributed by atoms with Crippen LogP contribution in [0.2, 0.25) is 0 Å². The summed E-state index contributed by atoms with van der Waals surface area (Å²) < 4.78 is 6.58. The Kier molecular flexibility index (Phi) is 3.46. The molecule has 2 nitrogen and oxygen atoms in total. The lowest BCUT2D eigenvalue weighted by Crippen LogP contribution is -2.39. The van der Waals surface area contributed by atoms with Crippen molar-refractivity contribution >= 4 is 0 Å². The van der Waals surface area contributed by atoms with Crippen molar-refractivity contribution in [3.8, 4) is 0 Å². The molecule has 0 aliphatic heterocycles. The average molecular weight is 265 g/mol. The maximum Gasteiger partial charge on any atom is 0.0640 e. The first-order valence-electron chi connectivity index (χ1n) is 8.36. The molecule has 5 unspecified atom stereocenters. The van der Waals surface area contributed by atoms with Gasteiger partial charge in [-0.25, -0.2) is 0 Å². The van der Waals surface area contributed by atoms with E-state index in [2.05, 4.69) is 33.0 Å². The molecule has 0 radical (unpaired) electrons. The summed E-state index contributed by atoms with van der Waals surface area (Å²) in [6.45, 7) is 10.7. The summed E-state index contributed by atoms with van der Waals surface area (Å²) in [6.07, 6.45) is 8.93. The highest BCUT2D eigenvalue weighted by atomic mass is 16.5. The number of hydrogen-bond donors (Lipinski definition) is 1. The largest absolute Gasteiger partial charge is 0.374 e. The molecule has 0 heterocycles. The standard InChI is InChI=1S/C17H31NO/c1-5-18-13-6-7-14(11-13)19-15-10-12-8-9-17(15,4)16(12,2)3/h12-15,18H,5-11H2,1-4H3. The summed E-state index contributed by atoms with van der Waals surface area (Å²) in [7, 11) is 0. The Balaban J connectivity index is 1.61. The average Bonchev–Trinajstić information content (AvgIpc) is 2.92. The van der Waals surface area contributed by atoms with Gasteiger partial charge < -0.3 is 10.1 Å². The molecule has 2 heteroatoms. The van der Waals surface area contributed by atoms with E-state index in [4.69, 9.17) is 4.74 Å². The monoisotopic (exact) mass is 265 g/mol. The zero-order valence-electron chi connectivity index (χ0n) is 13.2. The predicted octanol–water partition coefficient (Wildman–Crippen LogP) is 3.75. The lowest BCUT2D eigenvalue weighted by atomic mass is 9.70. The van der Waals surface area contributed by atoms with Gasteiger partial charge in [0.2, 0.25) is 0 Å². The van der Waals surface area contributed by atoms with Gasteiger partial charge in [-0.2, -0.15) is 0 Å². The molecule has 0 aromatic heterocycles. The minimum Gasteiger partial charge on any atom is -0.374 e. The zero-order valence-corrected chi connectivity index (χ0v) is 13.2. The second kappa shape index (κ2) is 4.73. The van der Waals surface area contributed by atoms with Gasteiger partial charge in [0.25, 0.3) is 0 Å². The summed E-state index contributed by atoms with van der Waals surface area (Å²) in [5.41, 5.74) is 0.908. The fraction of sp³-hybridized carbons (Fsp3) is 1.00. The fourth-order valence-electron chi connectivity index (χ4n) is 5.11. The van der Waals surface area contributed by atoms with Crippen molar-refractivity contribution in [2.24, 2.45) is 16.7 Å². The van der Waals surface area contributed by atoms with E-state index in [-0.39, 0.29) is 0 Å². The van der Waals surface area contributed by atoms with E-state index in [0.717, 1.165) is 12.5 Å². The van der Waals surface area contributed by atoms with Crippen molar-refractivity contribution in [1.29, 1.82) is 0 Å². The Morgan fingerprint density at radius 2 is 1.89 bits per heavy atom. The minimum absolute atomic E-state index is 0.425. The van der Waals surface area contributed by atoms with Crippen molar-refractivity contribution < 1.29 is 4.74 Å². The maximum absolute atomic E-state index is 6.58. The molecular weight excluding hydrogens is 234 g/mol. The van der Waals surface area contributed by atoms with Crippen molar-refractivity contribution in [1.82, 2.24) is 5.32 Å². The van der Waals surface area contributed by atoms with Gasteiger partial charge >= 0.3 is 0 Å². The van der Waals surface area contributed by atoms with Crippen LogP contribution in [0.25, 0.3) is 0 Å². The number of fused-ring (bicyclic) bond motifs is 2. The van der Waals surface area contributed by atoms with Gasteiger partial charge in [0.15, 0.2) is 0 Å². The zero-order chi connectivity index (χ0) is 13.7. The third-order valence-corrected chi connectivity index (χ3v) is 6.95. The Morgan fingerprint density at radius 3 is 2.47 bits per heavy atom. The Labute approximate surface area is 118 Å². The fourth-order valence-corrected chi connectivity index (χ4v) is 5.11. The van der Waals surface area contributed by atoms with Crippen LogP contribution < -0.4 is 5.32 Å². The minimum atomic E-state index is 0.425. The Morgan fingerprint density at radius 1 is 1.11 bits per heavy atom. The molecule has 0 aromatic carbocycles. The van der Waals surface area contributed by atoms with Crippen molar-refractivity contribution in [2.75, 3.05) is 6.54 Å². The lowest BCUT2D eigenvalue weighted by Gasteiger charge is -2.40. The van der Waals surface area contributed by atoms with Crippen LogP contribution in [0.15, 0.2) is 0 Å². The number of rotatable bonds is 4. The number of hydrogen-bond acceptors (Lipinski definition) is 2. The summed E-state index contributed by atoms with van der Waals surface area (Å²) in [4.78, 5) is 0. The van der Waals surface area contributed by atoms with Crippen LogP contribution in [0, 0.1) is 16.7 Å². The second-order valence-corrected chi connectivity index (χ2v) is 7.92. The van der Waals surface area contributed by atoms with Gasteiger partial charge in [-0.1, -0.05) is 27.7 Å². The van der Waals surface area contributed by atoms with Crippen LogP contribution in [0.1, 0.15) is 66.2 Å². The molecule has 0 spiro atoms. The van der Waals surface area contributed by atoms with Crippen LogP contribution in [0.4, 0.5) is 0 Å². The van der Waals surface area contributed by atoms with Gasteiger partial charge in [0.05, 0.1) is 12.2 Å². The molecule has 3 rings (SSSR count). The van der Waals surface area contributed by atoms with Gasteiger partial charge in [-0.15, -0.1) is 0 Å². The number of ether oxygens (including phenoxy) is 1. The highest BCUT2D eigenvalue weighted by Gasteiger charge is 2.62. The third kappa shape index (κ3) is 2.06. The molecule has 3 fully saturated rings. The van der Waals surface area contributed by atoms with Gasteiger partial charge in [0, 0.05) is 6.04 Å². The highest BCUT2D eigenvalue weighted by Crippen LogP contribution is 2.66. The van der Waals surface area contributed by atoms with Crippen molar-refractivity contribution in [3.05, 3.63) is 0 Å². The molecule has 5 atom stereocenters. The Bertz CT molecular complexity index is 340. The normalized spacial score (nSPS) is 48.0. The lowest BCUT2D eigenvalue weighted by molar-refractivity contribution is -0.0841. The topological polar surface area (TPSA) is 21.3 Å². The summed E-state index contributed by atoms with van der Waals surface area (Å²) >= 11 is 0. The van der Waals surface area contributed by atoms with E-state index in [0.29, 0.717) is 29.1 Å². The van der Waals surface area contributed by atoms with Crippen LogP contribution >= 0.6 is 0 Å². The van der Waals surface area contributed by atoms with Crippen LogP contribution in [0.5, 0.6) is 0 Å². The molecule has 2 bridgehead atoms. The molecule has 3 aliphatic rings. The maximum atomic E-state index is 6.58. The third-order valence-electron chi connectivity index (χ3n) is 6.95. The van der Waals surface area contributed by atoms with Crippen molar-refractivity contribution in [2.45, 2.75) is 84.5 Å². The smallest absolute Gasteiger partial charge is 0.0640 e. The molecule has 1 N–H and O–H groups in total. The van der Waals surface area contributed by atoms with Gasteiger partial charge in [-0.05, 0) is 61.8 Å². The van der Waals surface area contributed by atoms with Crippen LogP contribution in [0.3, 0.4) is 0 Å². The van der Waals surface area contributed by atoms with E-state index >= 15 is 0 Å². The molecule has 3 saturated carbocycles. The van der Waals surface area contributed by atoms with E-state index in [1.165, 1.54) is 38.5 Å². The Hall–Kier alpha value is -0.0800. The van der Waals surface area contributed by atoms with Crippen LogP contribution in [-0.2, 0) is 4.74 Å². The van der Waals surface area contributed by atoms with Gasteiger partial charge in [-0.3, -0.25) is 0 Å². The summed E-state index contributed by atoms with van der Waals surface area (Å²) in [5.74, 6) is 0.897. The quantitative estimate of drug-likeness (QED) is 0.836. The first-order valence-corrected chi connectivity index (χ1v) is 8.36. The van der Waals surface area contributed by atoms with Gasteiger partial charge in [0.1, 0.15) is 0 Å². The first-order chi connectivity index (χ1) is 8.97. The highest BCUT2D eigenvalue weighted by molar-refractivity contribution is 5.11. The molecule has 0 saturated heterocycles.